The first-order valence-corrected chi connectivity index (χ1v) is 7.30. The number of carboxylic acid groups (broad SMARTS) is 1. The van der Waals surface area contributed by atoms with Crippen LogP contribution in [0.3, 0.4) is 0 Å². The predicted molar refractivity (Wildman–Crippen MR) is 77.6 cm³/mol. The van der Waals surface area contributed by atoms with Crippen molar-refractivity contribution in [3.05, 3.63) is 30.1 Å². The second-order valence-electron chi connectivity index (χ2n) is 5.27. The second-order valence-corrected chi connectivity index (χ2v) is 5.27. The smallest absolute Gasteiger partial charge is 0.317 e. The van der Waals surface area contributed by atoms with Gasteiger partial charge in [0.1, 0.15) is 0 Å². The zero-order chi connectivity index (χ0) is 15.2. The van der Waals surface area contributed by atoms with E-state index in [0.717, 1.165) is 18.5 Å². The number of carboxylic acids is 1. The fourth-order valence-electron chi connectivity index (χ4n) is 2.69. The van der Waals surface area contributed by atoms with Gasteiger partial charge in [0.05, 0.1) is 18.2 Å². The van der Waals surface area contributed by atoms with Crippen molar-refractivity contribution in [2.24, 2.45) is 5.92 Å². The molecule has 6 heteroatoms. The second kappa shape index (κ2) is 7.06. The number of aromatic nitrogens is 1. The maximum atomic E-state index is 12.3. The summed E-state index contributed by atoms with van der Waals surface area (Å²) in [5, 5.41) is 12.0. The number of hydrogen-bond acceptors (Lipinski definition) is 3. The number of rotatable bonds is 5. The van der Waals surface area contributed by atoms with Crippen molar-refractivity contribution in [1.82, 2.24) is 15.2 Å². The van der Waals surface area contributed by atoms with Crippen molar-refractivity contribution in [1.29, 1.82) is 0 Å². The van der Waals surface area contributed by atoms with Crippen LogP contribution in [0, 0.1) is 5.92 Å². The molecule has 2 unspecified atom stereocenters. The molecule has 0 bridgehead atoms. The minimum atomic E-state index is -0.828. The normalized spacial score (nSPS) is 21.0. The SMILES string of the molecule is CCN(Cc1ccccn1)C(=O)NC1CCCC1C(=O)O. The van der Waals surface area contributed by atoms with Gasteiger partial charge in [-0.25, -0.2) is 4.79 Å². The van der Waals surface area contributed by atoms with E-state index in [4.69, 9.17) is 5.11 Å². The Balaban J connectivity index is 1.95. The number of aliphatic carboxylic acids is 1. The zero-order valence-corrected chi connectivity index (χ0v) is 12.2. The third-order valence-electron chi connectivity index (χ3n) is 3.89. The number of nitrogens with zero attached hydrogens (tertiary/aromatic N) is 2. The Morgan fingerprint density at radius 2 is 2.24 bits per heavy atom. The summed E-state index contributed by atoms with van der Waals surface area (Å²) in [6.07, 6.45) is 3.89. The van der Waals surface area contributed by atoms with Gasteiger partial charge in [-0.2, -0.15) is 0 Å². The number of amides is 2. The minimum absolute atomic E-state index is 0.221. The maximum Gasteiger partial charge on any atom is 0.317 e. The highest BCUT2D eigenvalue weighted by atomic mass is 16.4. The standard InChI is InChI=1S/C15H21N3O3/c1-2-18(10-11-6-3-4-9-16-11)15(21)17-13-8-5-7-12(13)14(19)20/h3-4,6,9,12-13H,2,5,7-8,10H2,1H3,(H,17,21)(H,19,20). The topological polar surface area (TPSA) is 82.5 Å². The lowest BCUT2D eigenvalue weighted by molar-refractivity contribution is -0.142. The number of hydrogen-bond donors (Lipinski definition) is 2. The van der Waals surface area contributed by atoms with Gasteiger partial charge in [-0.1, -0.05) is 12.5 Å². The van der Waals surface area contributed by atoms with E-state index >= 15 is 0 Å². The van der Waals surface area contributed by atoms with Crippen LogP contribution in [0.5, 0.6) is 0 Å². The van der Waals surface area contributed by atoms with Crippen molar-refractivity contribution in [3.63, 3.8) is 0 Å². The van der Waals surface area contributed by atoms with Gasteiger partial charge in [0.15, 0.2) is 0 Å². The molecule has 0 aromatic carbocycles. The molecule has 114 valence electrons. The van der Waals surface area contributed by atoms with Crippen LogP contribution in [-0.2, 0) is 11.3 Å². The highest BCUT2D eigenvalue weighted by molar-refractivity contribution is 5.77. The number of urea groups is 1. The largest absolute Gasteiger partial charge is 0.481 e. The maximum absolute atomic E-state index is 12.3. The molecule has 0 spiro atoms. The predicted octanol–water partition coefficient (Wildman–Crippen LogP) is 1.87. The molecule has 1 fully saturated rings. The Morgan fingerprint density at radius 3 is 2.86 bits per heavy atom. The van der Waals surface area contributed by atoms with Gasteiger partial charge in [0.2, 0.25) is 0 Å². The molecule has 1 aliphatic carbocycles. The van der Waals surface area contributed by atoms with E-state index in [9.17, 15) is 9.59 Å². The Bertz CT molecular complexity index is 492. The van der Waals surface area contributed by atoms with Crippen molar-refractivity contribution in [2.75, 3.05) is 6.54 Å². The molecule has 6 nitrogen and oxygen atoms in total. The number of nitrogens with one attached hydrogen (secondary N) is 1. The molecular formula is C15H21N3O3. The fraction of sp³-hybridized carbons (Fsp3) is 0.533. The van der Waals surface area contributed by atoms with E-state index in [-0.39, 0.29) is 12.1 Å². The molecule has 1 aromatic heterocycles. The Labute approximate surface area is 124 Å². The van der Waals surface area contributed by atoms with Crippen LogP contribution in [0.25, 0.3) is 0 Å². The quantitative estimate of drug-likeness (QED) is 0.867. The van der Waals surface area contributed by atoms with E-state index < -0.39 is 11.9 Å². The first-order chi connectivity index (χ1) is 10.1. The molecule has 0 aliphatic heterocycles. The van der Waals surface area contributed by atoms with Gasteiger partial charge < -0.3 is 15.3 Å². The summed E-state index contributed by atoms with van der Waals surface area (Å²) in [4.78, 5) is 29.3. The first-order valence-electron chi connectivity index (χ1n) is 7.30. The summed E-state index contributed by atoms with van der Waals surface area (Å²) in [5.74, 6) is -1.30. The fourth-order valence-corrected chi connectivity index (χ4v) is 2.69. The molecule has 1 aliphatic rings. The third-order valence-corrected chi connectivity index (χ3v) is 3.89. The summed E-state index contributed by atoms with van der Waals surface area (Å²) in [6.45, 7) is 2.87. The summed E-state index contributed by atoms with van der Waals surface area (Å²) >= 11 is 0. The van der Waals surface area contributed by atoms with E-state index in [2.05, 4.69) is 10.3 Å². The summed E-state index contributed by atoms with van der Waals surface area (Å²) in [6, 6.07) is 5.08. The summed E-state index contributed by atoms with van der Waals surface area (Å²) in [7, 11) is 0. The lowest BCUT2D eigenvalue weighted by Crippen LogP contribution is -2.47. The van der Waals surface area contributed by atoms with E-state index in [0.29, 0.717) is 19.5 Å². The van der Waals surface area contributed by atoms with Crippen LogP contribution in [0.4, 0.5) is 4.79 Å². The van der Waals surface area contributed by atoms with Crippen molar-refractivity contribution in [3.8, 4) is 0 Å². The van der Waals surface area contributed by atoms with Crippen molar-refractivity contribution >= 4 is 12.0 Å². The van der Waals surface area contributed by atoms with Gasteiger partial charge in [0, 0.05) is 18.8 Å². The molecule has 1 saturated carbocycles. The van der Waals surface area contributed by atoms with Gasteiger partial charge in [-0.05, 0) is 31.9 Å². The molecule has 2 N–H and O–H groups in total. The lowest BCUT2D eigenvalue weighted by atomic mass is 10.0. The molecule has 2 atom stereocenters. The van der Waals surface area contributed by atoms with Gasteiger partial charge in [-0.15, -0.1) is 0 Å². The highest BCUT2D eigenvalue weighted by Gasteiger charge is 2.34. The molecule has 1 heterocycles. The number of carbonyl (C=O) groups is 2. The third kappa shape index (κ3) is 3.93. The zero-order valence-electron chi connectivity index (χ0n) is 12.2. The summed E-state index contributed by atoms with van der Waals surface area (Å²) in [5.41, 5.74) is 0.815. The van der Waals surface area contributed by atoms with Crippen LogP contribution in [0.2, 0.25) is 0 Å². The Kier molecular flexibility index (Phi) is 5.14. The minimum Gasteiger partial charge on any atom is -0.481 e. The van der Waals surface area contributed by atoms with E-state index in [1.165, 1.54) is 0 Å². The van der Waals surface area contributed by atoms with Gasteiger partial charge in [0.25, 0.3) is 0 Å². The average molecular weight is 291 g/mol. The highest BCUT2D eigenvalue weighted by Crippen LogP contribution is 2.26. The van der Waals surface area contributed by atoms with E-state index in [1.54, 1.807) is 11.1 Å². The molecule has 0 saturated heterocycles. The van der Waals surface area contributed by atoms with Crippen LogP contribution in [-0.4, -0.2) is 39.6 Å². The molecular weight excluding hydrogens is 270 g/mol. The van der Waals surface area contributed by atoms with Crippen LogP contribution in [0.1, 0.15) is 31.9 Å². The number of carbonyl (C=O) groups excluding carboxylic acids is 1. The molecule has 21 heavy (non-hydrogen) atoms. The summed E-state index contributed by atoms with van der Waals surface area (Å²) < 4.78 is 0. The first kappa shape index (κ1) is 15.3. The number of pyridine rings is 1. The van der Waals surface area contributed by atoms with Crippen LogP contribution in [0.15, 0.2) is 24.4 Å². The van der Waals surface area contributed by atoms with Crippen LogP contribution < -0.4 is 5.32 Å². The Hall–Kier alpha value is -2.11. The molecule has 2 rings (SSSR count). The lowest BCUT2D eigenvalue weighted by Gasteiger charge is -2.25. The van der Waals surface area contributed by atoms with E-state index in [1.807, 2.05) is 25.1 Å². The monoisotopic (exact) mass is 291 g/mol. The Morgan fingerprint density at radius 1 is 1.43 bits per heavy atom. The van der Waals surface area contributed by atoms with Gasteiger partial charge >= 0.3 is 12.0 Å². The molecule has 2 amide bonds. The van der Waals surface area contributed by atoms with Gasteiger partial charge in [-0.3, -0.25) is 9.78 Å². The average Bonchev–Trinajstić information content (AvgIpc) is 2.94. The van der Waals surface area contributed by atoms with Crippen molar-refractivity contribution in [2.45, 2.75) is 38.8 Å². The van der Waals surface area contributed by atoms with Crippen molar-refractivity contribution < 1.29 is 14.7 Å². The molecule has 1 aromatic rings. The molecule has 0 radical (unpaired) electrons. The van der Waals surface area contributed by atoms with Crippen LogP contribution >= 0.6 is 0 Å².